The van der Waals surface area contributed by atoms with Crippen molar-refractivity contribution in [3.8, 4) is 16.9 Å². The molecule has 2 aromatic carbocycles. The summed E-state index contributed by atoms with van der Waals surface area (Å²) in [6.07, 6.45) is 3.37. The van der Waals surface area contributed by atoms with Crippen molar-refractivity contribution in [2.75, 3.05) is 0 Å². The van der Waals surface area contributed by atoms with Crippen molar-refractivity contribution in [3.05, 3.63) is 84.7 Å². The van der Waals surface area contributed by atoms with Crippen molar-refractivity contribution in [1.29, 1.82) is 0 Å². The second-order valence-electron chi connectivity index (χ2n) is 5.87. The third-order valence-electron chi connectivity index (χ3n) is 3.85. The van der Waals surface area contributed by atoms with Crippen LogP contribution in [0.2, 0.25) is 0 Å². The van der Waals surface area contributed by atoms with Crippen LogP contribution in [0.3, 0.4) is 0 Å². The lowest BCUT2D eigenvalue weighted by Crippen LogP contribution is -2.14. The number of aromatic nitrogens is 1. The van der Waals surface area contributed by atoms with Gasteiger partial charge < -0.3 is 9.84 Å². The maximum Gasteiger partial charge on any atom is 0.128 e. The average molecular weight is 319 g/mol. The summed E-state index contributed by atoms with van der Waals surface area (Å²) in [6, 6.07) is 22.1. The minimum absolute atomic E-state index is 0.221. The molecule has 0 fully saturated rings. The molecule has 0 radical (unpaired) electrons. The fourth-order valence-corrected chi connectivity index (χ4v) is 2.65. The third-order valence-corrected chi connectivity index (χ3v) is 3.85. The van der Waals surface area contributed by atoms with Gasteiger partial charge in [-0.1, -0.05) is 48.5 Å². The van der Waals surface area contributed by atoms with Gasteiger partial charge in [-0.05, 0) is 36.2 Å². The van der Waals surface area contributed by atoms with Gasteiger partial charge in [0.15, 0.2) is 0 Å². The van der Waals surface area contributed by atoms with E-state index in [1.165, 1.54) is 5.56 Å². The number of benzene rings is 2. The highest BCUT2D eigenvalue weighted by atomic mass is 16.5. The number of aliphatic hydroxyl groups is 1. The van der Waals surface area contributed by atoms with Gasteiger partial charge in [0.2, 0.25) is 0 Å². The Morgan fingerprint density at radius 1 is 0.917 bits per heavy atom. The molecule has 0 saturated heterocycles. The summed E-state index contributed by atoms with van der Waals surface area (Å²) in [4.78, 5) is 4.15. The molecule has 0 saturated carbocycles. The van der Waals surface area contributed by atoms with Crippen LogP contribution in [0.1, 0.15) is 25.0 Å². The van der Waals surface area contributed by atoms with E-state index >= 15 is 0 Å². The molecule has 1 aromatic heterocycles. The van der Waals surface area contributed by atoms with E-state index < -0.39 is 6.10 Å². The second-order valence-corrected chi connectivity index (χ2v) is 5.87. The molecule has 0 amide bonds. The summed E-state index contributed by atoms with van der Waals surface area (Å²) >= 11 is 0. The summed E-state index contributed by atoms with van der Waals surface area (Å²) in [6.45, 7) is 1.77. The van der Waals surface area contributed by atoms with Crippen LogP contribution in [0.25, 0.3) is 11.1 Å². The predicted octanol–water partition coefficient (Wildman–Crippen LogP) is 4.64. The first kappa shape index (κ1) is 16.2. The Balaban J connectivity index is 1.77. The zero-order valence-electron chi connectivity index (χ0n) is 13.7. The molecule has 122 valence electrons. The molecule has 3 nitrogen and oxygen atoms in total. The molecule has 1 heterocycles. The molecule has 2 atom stereocenters. The first-order chi connectivity index (χ1) is 11.7. The molecule has 1 N–H and O–H groups in total. The summed E-state index contributed by atoms with van der Waals surface area (Å²) in [7, 11) is 0. The normalized spacial score (nSPS) is 13.2. The van der Waals surface area contributed by atoms with Crippen LogP contribution in [0.4, 0.5) is 0 Å². The molecule has 3 aromatic rings. The number of hydrogen-bond acceptors (Lipinski definition) is 3. The van der Waals surface area contributed by atoms with Crippen LogP contribution in [0.5, 0.6) is 5.75 Å². The minimum atomic E-state index is -0.446. The van der Waals surface area contributed by atoms with Crippen LogP contribution in [0.15, 0.2) is 79.1 Å². The fraction of sp³-hybridized carbons (Fsp3) is 0.190. The summed E-state index contributed by atoms with van der Waals surface area (Å²) < 4.78 is 6.10. The van der Waals surface area contributed by atoms with Crippen LogP contribution in [0, 0.1) is 0 Å². The number of ether oxygens (including phenoxy) is 1. The van der Waals surface area contributed by atoms with Crippen molar-refractivity contribution < 1.29 is 9.84 Å². The van der Waals surface area contributed by atoms with Gasteiger partial charge in [0.1, 0.15) is 11.9 Å². The lowest BCUT2D eigenvalue weighted by atomic mass is 10.0. The Kier molecular flexibility index (Phi) is 5.24. The van der Waals surface area contributed by atoms with E-state index in [1.54, 1.807) is 19.3 Å². The van der Waals surface area contributed by atoms with Crippen LogP contribution >= 0.6 is 0 Å². The largest absolute Gasteiger partial charge is 0.486 e. The smallest absolute Gasteiger partial charge is 0.128 e. The Hall–Kier alpha value is -2.65. The van der Waals surface area contributed by atoms with E-state index in [0.29, 0.717) is 6.42 Å². The van der Waals surface area contributed by atoms with Crippen LogP contribution in [-0.4, -0.2) is 16.2 Å². The molecule has 0 aliphatic heterocycles. The van der Waals surface area contributed by atoms with Crippen LogP contribution < -0.4 is 4.74 Å². The monoisotopic (exact) mass is 319 g/mol. The number of hydrogen-bond donors (Lipinski definition) is 1. The summed E-state index contributed by atoms with van der Waals surface area (Å²) in [5.74, 6) is 0.782. The van der Waals surface area contributed by atoms with Gasteiger partial charge in [0.05, 0.1) is 6.10 Å². The van der Waals surface area contributed by atoms with Crippen LogP contribution in [-0.2, 0) is 0 Å². The quantitative estimate of drug-likeness (QED) is 0.719. The number of rotatable bonds is 6. The molecule has 0 aliphatic carbocycles. The van der Waals surface area contributed by atoms with Gasteiger partial charge in [-0.15, -0.1) is 0 Å². The van der Waals surface area contributed by atoms with Crippen molar-refractivity contribution in [1.82, 2.24) is 4.98 Å². The molecule has 3 heteroatoms. The highest BCUT2D eigenvalue weighted by Gasteiger charge is 2.16. The van der Waals surface area contributed by atoms with E-state index in [1.807, 2.05) is 54.6 Å². The molecule has 24 heavy (non-hydrogen) atoms. The SMILES string of the molecule is CC(O)CC(Oc1ccc(-c2ccccc2)cc1)c1cccnc1. The van der Waals surface area contributed by atoms with E-state index in [-0.39, 0.29) is 6.10 Å². The zero-order valence-corrected chi connectivity index (χ0v) is 13.7. The van der Waals surface area contributed by atoms with Gasteiger partial charge >= 0.3 is 0 Å². The van der Waals surface area contributed by atoms with E-state index in [0.717, 1.165) is 16.9 Å². The van der Waals surface area contributed by atoms with Gasteiger partial charge in [-0.2, -0.15) is 0 Å². The lowest BCUT2D eigenvalue weighted by molar-refractivity contribution is 0.106. The number of aliphatic hydroxyl groups excluding tert-OH is 1. The highest BCUT2D eigenvalue weighted by Crippen LogP contribution is 2.28. The third kappa shape index (κ3) is 4.21. The van der Waals surface area contributed by atoms with Crippen molar-refractivity contribution in [2.45, 2.75) is 25.6 Å². The standard InChI is InChI=1S/C21H21NO2/c1-16(23)14-21(19-8-5-13-22-15-19)24-20-11-9-18(10-12-20)17-6-3-2-4-7-17/h2-13,15-16,21,23H,14H2,1H3. The van der Waals surface area contributed by atoms with Crippen molar-refractivity contribution >= 4 is 0 Å². The van der Waals surface area contributed by atoms with Crippen molar-refractivity contribution in [3.63, 3.8) is 0 Å². The summed E-state index contributed by atoms with van der Waals surface area (Å²) in [5, 5.41) is 9.75. The number of nitrogens with zero attached hydrogens (tertiary/aromatic N) is 1. The maximum absolute atomic E-state index is 9.75. The summed E-state index contributed by atoms with van der Waals surface area (Å²) in [5.41, 5.74) is 3.29. The Morgan fingerprint density at radius 3 is 2.25 bits per heavy atom. The molecule has 0 aliphatic rings. The first-order valence-corrected chi connectivity index (χ1v) is 8.12. The van der Waals surface area contributed by atoms with Gasteiger partial charge in [0.25, 0.3) is 0 Å². The molecule has 0 bridgehead atoms. The van der Waals surface area contributed by atoms with E-state index in [4.69, 9.17) is 4.74 Å². The lowest BCUT2D eigenvalue weighted by Gasteiger charge is -2.21. The first-order valence-electron chi connectivity index (χ1n) is 8.12. The Morgan fingerprint density at radius 2 is 1.62 bits per heavy atom. The predicted molar refractivity (Wildman–Crippen MR) is 95.8 cm³/mol. The Labute approximate surface area is 142 Å². The molecule has 0 spiro atoms. The average Bonchev–Trinajstić information content (AvgIpc) is 2.63. The van der Waals surface area contributed by atoms with Gasteiger partial charge in [0, 0.05) is 24.4 Å². The van der Waals surface area contributed by atoms with E-state index in [9.17, 15) is 5.11 Å². The second kappa shape index (κ2) is 7.75. The maximum atomic E-state index is 9.75. The minimum Gasteiger partial charge on any atom is -0.486 e. The van der Waals surface area contributed by atoms with Crippen molar-refractivity contribution in [2.24, 2.45) is 0 Å². The highest BCUT2D eigenvalue weighted by molar-refractivity contribution is 5.63. The number of pyridine rings is 1. The molecule has 3 rings (SSSR count). The van der Waals surface area contributed by atoms with E-state index in [2.05, 4.69) is 17.1 Å². The molecular weight excluding hydrogens is 298 g/mol. The fourth-order valence-electron chi connectivity index (χ4n) is 2.65. The Bertz CT molecular complexity index is 740. The zero-order chi connectivity index (χ0) is 16.8. The van der Waals surface area contributed by atoms with Gasteiger partial charge in [-0.3, -0.25) is 4.98 Å². The topological polar surface area (TPSA) is 42.4 Å². The van der Waals surface area contributed by atoms with Gasteiger partial charge in [-0.25, -0.2) is 0 Å². The molecular formula is C21H21NO2. The molecule has 2 unspecified atom stereocenters.